The summed E-state index contributed by atoms with van der Waals surface area (Å²) in [6.07, 6.45) is 0. The van der Waals surface area contributed by atoms with Crippen molar-refractivity contribution in [2.24, 2.45) is 5.73 Å². The number of ether oxygens (including phenoxy) is 2. The molecule has 0 bridgehead atoms. The van der Waals surface area contributed by atoms with Crippen LogP contribution in [0.25, 0.3) is 0 Å². The average molecular weight is 313 g/mol. The Morgan fingerprint density at radius 3 is 2.60 bits per heavy atom. The van der Waals surface area contributed by atoms with Gasteiger partial charge in [0.25, 0.3) is 5.91 Å². The van der Waals surface area contributed by atoms with E-state index >= 15 is 0 Å². The highest BCUT2D eigenvalue weighted by Gasteiger charge is 2.22. The number of amides is 1. The van der Waals surface area contributed by atoms with E-state index in [4.69, 9.17) is 10.5 Å². The minimum absolute atomic E-state index is 0.230. The maximum atomic E-state index is 11.4. The van der Waals surface area contributed by atoms with Crippen molar-refractivity contribution in [3.63, 3.8) is 0 Å². The van der Waals surface area contributed by atoms with E-state index in [0.717, 1.165) is 17.1 Å². The van der Waals surface area contributed by atoms with Gasteiger partial charge in [-0.15, -0.1) is 23.5 Å². The van der Waals surface area contributed by atoms with Gasteiger partial charge in [0, 0.05) is 17.1 Å². The molecule has 1 saturated heterocycles. The number of primary amides is 1. The number of thioether (sulfide) groups is 2. The predicted octanol–water partition coefficient (Wildman–Crippen LogP) is 1.57. The summed E-state index contributed by atoms with van der Waals surface area (Å²) in [7, 11) is 0. The highest BCUT2D eigenvalue weighted by molar-refractivity contribution is 8.19. The number of carbonyl (C=O) groups excluding carboxylic acids is 2. The fourth-order valence-corrected chi connectivity index (χ4v) is 4.58. The zero-order valence-corrected chi connectivity index (χ0v) is 12.4. The summed E-state index contributed by atoms with van der Waals surface area (Å²) >= 11 is 3.73. The second-order valence-electron chi connectivity index (χ2n) is 4.03. The Morgan fingerprint density at radius 1 is 1.20 bits per heavy atom. The molecule has 1 heterocycles. The Hall–Kier alpha value is -1.34. The number of nitrogens with two attached hydrogens (primary N) is 1. The minimum atomic E-state index is -0.683. The molecule has 7 heteroatoms. The number of carbonyl (C=O) groups is 2. The van der Waals surface area contributed by atoms with Crippen LogP contribution in [0, 0.1) is 0 Å². The van der Waals surface area contributed by atoms with Crippen LogP contribution in [-0.4, -0.2) is 36.6 Å². The van der Waals surface area contributed by atoms with Crippen molar-refractivity contribution in [1.82, 2.24) is 0 Å². The second kappa shape index (κ2) is 7.44. The van der Waals surface area contributed by atoms with Crippen molar-refractivity contribution in [3.05, 3.63) is 29.8 Å². The fourth-order valence-electron chi connectivity index (χ4n) is 1.67. The molecule has 1 fully saturated rings. The van der Waals surface area contributed by atoms with Crippen LogP contribution in [0.4, 0.5) is 0 Å². The first-order chi connectivity index (χ1) is 9.66. The maximum Gasteiger partial charge on any atom is 0.344 e. The molecule has 0 aliphatic carbocycles. The van der Waals surface area contributed by atoms with Crippen LogP contribution in [0.1, 0.15) is 10.1 Å². The largest absolute Gasteiger partial charge is 0.482 e. The van der Waals surface area contributed by atoms with Crippen molar-refractivity contribution < 1.29 is 19.1 Å². The Bertz CT molecular complexity index is 489. The maximum absolute atomic E-state index is 11.4. The zero-order valence-electron chi connectivity index (χ0n) is 10.7. The van der Waals surface area contributed by atoms with Crippen LogP contribution in [0.5, 0.6) is 5.75 Å². The molecule has 0 radical (unpaired) electrons. The summed E-state index contributed by atoms with van der Waals surface area (Å²) in [5.41, 5.74) is 5.96. The Kier molecular flexibility index (Phi) is 5.60. The van der Waals surface area contributed by atoms with Gasteiger partial charge in [-0.2, -0.15) is 0 Å². The first kappa shape index (κ1) is 15.1. The van der Waals surface area contributed by atoms with E-state index in [1.807, 2.05) is 47.8 Å². The number of rotatable bonds is 6. The van der Waals surface area contributed by atoms with Crippen molar-refractivity contribution in [2.45, 2.75) is 4.58 Å². The van der Waals surface area contributed by atoms with Crippen molar-refractivity contribution in [2.75, 3.05) is 24.7 Å². The van der Waals surface area contributed by atoms with Crippen LogP contribution in [0.3, 0.4) is 0 Å². The van der Waals surface area contributed by atoms with Crippen LogP contribution < -0.4 is 10.5 Å². The summed E-state index contributed by atoms with van der Waals surface area (Å²) in [5, 5.41) is 0. The molecule has 1 aromatic rings. The van der Waals surface area contributed by atoms with Crippen LogP contribution in [0.2, 0.25) is 0 Å². The monoisotopic (exact) mass is 313 g/mol. The molecule has 0 saturated carbocycles. The number of hydrogen-bond donors (Lipinski definition) is 1. The molecule has 0 atom stereocenters. The number of hydrogen-bond acceptors (Lipinski definition) is 6. The summed E-state index contributed by atoms with van der Waals surface area (Å²) < 4.78 is 10.5. The third-order valence-corrected chi connectivity index (χ3v) is 5.58. The zero-order chi connectivity index (χ0) is 14.4. The molecule has 1 aliphatic rings. The average Bonchev–Trinajstić information content (AvgIpc) is 2.97. The molecule has 2 N–H and O–H groups in total. The molecule has 0 aromatic heterocycles. The highest BCUT2D eigenvalue weighted by Crippen LogP contribution is 2.48. The molecular weight excluding hydrogens is 298 g/mol. The van der Waals surface area contributed by atoms with Crippen molar-refractivity contribution in [3.8, 4) is 5.75 Å². The van der Waals surface area contributed by atoms with Crippen LogP contribution in [0.15, 0.2) is 24.3 Å². The molecule has 0 unspecified atom stereocenters. The minimum Gasteiger partial charge on any atom is -0.482 e. The van der Waals surface area contributed by atoms with Gasteiger partial charge in [-0.05, 0) is 6.07 Å². The first-order valence-corrected chi connectivity index (χ1v) is 8.15. The molecule has 1 amide bonds. The van der Waals surface area contributed by atoms with E-state index in [2.05, 4.69) is 4.74 Å². The van der Waals surface area contributed by atoms with Gasteiger partial charge in [-0.1, -0.05) is 18.2 Å². The van der Waals surface area contributed by atoms with E-state index in [1.54, 1.807) is 0 Å². The van der Waals surface area contributed by atoms with E-state index in [-0.39, 0.29) is 6.61 Å². The highest BCUT2D eigenvalue weighted by atomic mass is 32.2. The summed E-state index contributed by atoms with van der Waals surface area (Å²) in [6, 6.07) is 7.64. The summed E-state index contributed by atoms with van der Waals surface area (Å²) in [4.78, 5) is 21.9. The lowest BCUT2D eigenvalue weighted by atomic mass is 10.2. The molecule has 1 aliphatic heterocycles. The SMILES string of the molecule is NC(=O)COC(=O)COc1ccccc1C1SCCS1. The first-order valence-electron chi connectivity index (χ1n) is 6.05. The molecular formula is C13H15NO4S2. The lowest BCUT2D eigenvalue weighted by Gasteiger charge is -2.14. The van der Waals surface area contributed by atoms with Gasteiger partial charge < -0.3 is 15.2 Å². The van der Waals surface area contributed by atoms with E-state index in [0.29, 0.717) is 10.3 Å². The third-order valence-electron chi connectivity index (χ3n) is 2.52. The van der Waals surface area contributed by atoms with E-state index < -0.39 is 18.5 Å². The third kappa shape index (κ3) is 4.35. The van der Waals surface area contributed by atoms with Gasteiger partial charge in [-0.25, -0.2) is 4.79 Å². The number of para-hydroxylation sites is 1. The molecule has 5 nitrogen and oxygen atoms in total. The number of benzene rings is 1. The molecule has 2 rings (SSSR count). The fraction of sp³-hybridized carbons (Fsp3) is 0.385. The molecule has 108 valence electrons. The quantitative estimate of drug-likeness (QED) is 0.803. The number of esters is 1. The smallest absolute Gasteiger partial charge is 0.344 e. The van der Waals surface area contributed by atoms with Gasteiger partial charge in [0.2, 0.25) is 0 Å². The van der Waals surface area contributed by atoms with Gasteiger partial charge in [0.15, 0.2) is 13.2 Å². The van der Waals surface area contributed by atoms with Gasteiger partial charge in [0.05, 0.1) is 4.58 Å². The van der Waals surface area contributed by atoms with Crippen molar-refractivity contribution >= 4 is 35.4 Å². The Balaban J connectivity index is 1.92. The topological polar surface area (TPSA) is 78.6 Å². The Labute approximate surface area is 125 Å². The van der Waals surface area contributed by atoms with Crippen LogP contribution >= 0.6 is 23.5 Å². The van der Waals surface area contributed by atoms with E-state index in [1.165, 1.54) is 0 Å². The second-order valence-corrected chi connectivity index (χ2v) is 6.75. The molecule has 20 heavy (non-hydrogen) atoms. The molecule has 1 aromatic carbocycles. The lowest BCUT2D eigenvalue weighted by molar-refractivity contribution is -0.149. The van der Waals surface area contributed by atoms with Crippen molar-refractivity contribution in [1.29, 1.82) is 0 Å². The van der Waals surface area contributed by atoms with E-state index in [9.17, 15) is 9.59 Å². The molecule has 0 spiro atoms. The van der Waals surface area contributed by atoms with Crippen LogP contribution in [-0.2, 0) is 14.3 Å². The standard InChI is InChI=1S/C13H15NO4S2/c14-11(15)7-18-12(16)8-17-10-4-2-1-3-9(10)13-19-5-6-20-13/h1-4,13H,5-8H2,(H2,14,15). The summed E-state index contributed by atoms with van der Waals surface area (Å²) in [5.74, 6) is 1.62. The predicted molar refractivity (Wildman–Crippen MR) is 79.7 cm³/mol. The summed E-state index contributed by atoms with van der Waals surface area (Å²) in [6.45, 7) is -0.648. The lowest BCUT2D eigenvalue weighted by Crippen LogP contribution is -2.23. The Morgan fingerprint density at radius 2 is 1.90 bits per heavy atom. The van der Waals surface area contributed by atoms with Gasteiger partial charge in [0.1, 0.15) is 5.75 Å². The van der Waals surface area contributed by atoms with Gasteiger partial charge in [-0.3, -0.25) is 4.79 Å². The van der Waals surface area contributed by atoms with Gasteiger partial charge >= 0.3 is 5.97 Å². The normalized spacial score (nSPS) is 15.0.